The van der Waals surface area contributed by atoms with E-state index < -0.39 is 11.8 Å². The van der Waals surface area contributed by atoms with Gasteiger partial charge in [-0.15, -0.1) is 0 Å². The Morgan fingerprint density at radius 1 is 1.04 bits per heavy atom. The lowest BCUT2D eigenvalue weighted by molar-refractivity contribution is -0.123. The quantitative estimate of drug-likeness (QED) is 0.733. The predicted octanol–water partition coefficient (Wildman–Crippen LogP) is 3.36. The van der Waals surface area contributed by atoms with E-state index in [-0.39, 0.29) is 12.5 Å². The standard InChI is InChI=1S/C21H26N2O4/c1-5-26-17-8-6-7-16(12-17)21(25)23-22-20(24)13-27-19-11-15(4)9-10-18(19)14(2)3/h6-12,14H,5,13H2,1-4H3,(H,22,24)(H,23,25). The van der Waals surface area contributed by atoms with Crippen molar-refractivity contribution < 1.29 is 19.1 Å². The number of ether oxygens (including phenoxy) is 2. The van der Waals surface area contributed by atoms with Crippen molar-refractivity contribution in [2.45, 2.75) is 33.6 Å². The summed E-state index contributed by atoms with van der Waals surface area (Å²) in [6.45, 7) is 8.28. The molecule has 0 saturated carbocycles. The minimum atomic E-state index is -0.444. The van der Waals surface area contributed by atoms with Gasteiger partial charge >= 0.3 is 0 Å². The number of amides is 2. The van der Waals surface area contributed by atoms with Crippen LogP contribution in [-0.4, -0.2) is 25.0 Å². The summed E-state index contributed by atoms with van der Waals surface area (Å²) in [5, 5.41) is 0. The largest absolute Gasteiger partial charge is 0.494 e. The molecule has 0 atom stereocenters. The monoisotopic (exact) mass is 370 g/mol. The Hall–Kier alpha value is -3.02. The molecule has 27 heavy (non-hydrogen) atoms. The molecule has 6 nitrogen and oxygen atoms in total. The summed E-state index contributed by atoms with van der Waals surface area (Å²) in [4.78, 5) is 24.2. The van der Waals surface area contributed by atoms with Gasteiger partial charge in [0.2, 0.25) is 0 Å². The van der Waals surface area contributed by atoms with E-state index in [0.29, 0.717) is 23.7 Å². The molecule has 2 amide bonds. The van der Waals surface area contributed by atoms with Crippen molar-refractivity contribution in [1.82, 2.24) is 10.9 Å². The molecule has 6 heteroatoms. The van der Waals surface area contributed by atoms with Crippen LogP contribution in [-0.2, 0) is 4.79 Å². The van der Waals surface area contributed by atoms with Crippen molar-refractivity contribution in [2.75, 3.05) is 13.2 Å². The van der Waals surface area contributed by atoms with Crippen LogP contribution in [0, 0.1) is 6.92 Å². The van der Waals surface area contributed by atoms with Crippen molar-refractivity contribution in [1.29, 1.82) is 0 Å². The summed E-state index contributed by atoms with van der Waals surface area (Å²) >= 11 is 0. The first-order valence-electron chi connectivity index (χ1n) is 8.96. The zero-order valence-corrected chi connectivity index (χ0v) is 16.2. The molecule has 0 spiro atoms. The van der Waals surface area contributed by atoms with Crippen LogP contribution in [0.4, 0.5) is 0 Å². The van der Waals surface area contributed by atoms with Gasteiger partial charge in [-0.05, 0) is 55.2 Å². The zero-order valence-electron chi connectivity index (χ0n) is 16.2. The highest BCUT2D eigenvalue weighted by atomic mass is 16.5. The number of benzene rings is 2. The Morgan fingerprint density at radius 2 is 1.81 bits per heavy atom. The molecule has 2 N–H and O–H groups in total. The summed E-state index contributed by atoms with van der Waals surface area (Å²) in [5.74, 6) is 0.682. The van der Waals surface area contributed by atoms with Crippen LogP contribution in [0.1, 0.15) is 48.2 Å². The molecule has 0 aromatic heterocycles. The van der Waals surface area contributed by atoms with Crippen LogP contribution in [0.2, 0.25) is 0 Å². The maximum Gasteiger partial charge on any atom is 0.276 e. The molecule has 0 saturated heterocycles. The fourth-order valence-electron chi connectivity index (χ4n) is 2.52. The first-order valence-corrected chi connectivity index (χ1v) is 8.96. The molecule has 2 aromatic rings. The molecular weight excluding hydrogens is 344 g/mol. The molecule has 0 heterocycles. The third-order valence-electron chi connectivity index (χ3n) is 3.87. The molecule has 0 fully saturated rings. The number of nitrogens with one attached hydrogen (secondary N) is 2. The fraction of sp³-hybridized carbons (Fsp3) is 0.333. The molecule has 0 radical (unpaired) electrons. The number of aryl methyl sites for hydroxylation is 1. The van der Waals surface area contributed by atoms with Crippen molar-refractivity contribution in [3.63, 3.8) is 0 Å². The molecule has 0 aliphatic carbocycles. The van der Waals surface area contributed by atoms with Crippen LogP contribution in [0.3, 0.4) is 0 Å². The van der Waals surface area contributed by atoms with Gasteiger partial charge in [0.1, 0.15) is 11.5 Å². The average Bonchev–Trinajstić information content (AvgIpc) is 2.64. The summed E-state index contributed by atoms with van der Waals surface area (Å²) in [5.41, 5.74) is 7.22. The van der Waals surface area contributed by atoms with Crippen LogP contribution in [0.15, 0.2) is 42.5 Å². The number of hydrogen-bond acceptors (Lipinski definition) is 4. The smallest absolute Gasteiger partial charge is 0.276 e. The molecule has 2 aromatic carbocycles. The van der Waals surface area contributed by atoms with Gasteiger partial charge < -0.3 is 9.47 Å². The molecule has 2 rings (SSSR count). The second-order valence-electron chi connectivity index (χ2n) is 6.45. The SMILES string of the molecule is CCOc1cccc(C(=O)NNC(=O)COc2cc(C)ccc2C(C)C)c1. The summed E-state index contributed by atoms with van der Waals surface area (Å²) in [6.07, 6.45) is 0. The lowest BCUT2D eigenvalue weighted by atomic mass is 10.0. The normalized spacial score (nSPS) is 10.4. The molecule has 144 valence electrons. The van der Waals surface area contributed by atoms with Crippen LogP contribution in [0.25, 0.3) is 0 Å². The lowest BCUT2D eigenvalue weighted by Crippen LogP contribution is -2.43. The topological polar surface area (TPSA) is 76.7 Å². The molecular formula is C21H26N2O4. The lowest BCUT2D eigenvalue weighted by Gasteiger charge is -2.15. The number of carbonyl (C=O) groups excluding carboxylic acids is 2. The highest BCUT2D eigenvalue weighted by molar-refractivity contribution is 5.95. The van der Waals surface area contributed by atoms with E-state index in [1.165, 1.54) is 0 Å². The van der Waals surface area contributed by atoms with E-state index in [9.17, 15) is 9.59 Å². The number of hydrazine groups is 1. The Morgan fingerprint density at radius 3 is 2.52 bits per heavy atom. The third-order valence-corrected chi connectivity index (χ3v) is 3.87. The molecule has 0 unspecified atom stereocenters. The van der Waals surface area contributed by atoms with E-state index in [0.717, 1.165) is 11.1 Å². The zero-order chi connectivity index (χ0) is 19.8. The average molecular weight is 370 g/mol. The van der Waals surface area contributed by atoms with Gasteiger partial charge in [-0.3, -0.25) is 20.4 Å². The van der Waals surface area contributed by atoms with Crippen LogP contribution >= 0.6 is 0 Å². The van der Waals surface area contributed by atoms with Gasteiger partial charge in [0.15, 0.2) is 6.61 Å². The molecule has 0 bridgehead atoms. The van der Waals surface area contributed by atoms with Crippen molar-refractivity contribution in [3.05, 3.63) is 59.2 Å². The summed E-state index contributed by atoms with van der Waals surface area (Å²) < 4.78 is 11.0. The second kappa shape index (κ2) is 9.62. The van der Waals surface area contributed by atoms with Crippen molar-refractivity contribution in [3.8, 4) is 11.5 Å². The van der Waals surface area contributed by atoms with Crippen LogP contribution in [0.5, 0.6) is 11.5 Å². The Bertz CT molecular complexity index is 803. The molecule has 0 aliphatic rings. The summed E-state index contributed by atoms with van der Waals surface area (Å²) in [7, 11) is 0. The Labute approximate surface area is 159 Å². The van der Waals surface area contributed by atoms with Crippen molar-refractivity contribution >= 4 is 11.8 Å². The van der Waals surface area contributed by atoms with E-state index in [1.54, 1.807) is 24.3 Å². The Balaban J connectivity index is 1.89. The number of hydrogen-bond donors (Lipinski definition) is 2. The van der Waals surface area contributed by atoms with E-state index >= 15 is 0 Å². The minimum absolute atomic E-state index is 0.192. The summed E-state index contributed by atoms with van der Waals surface area (Å²) in [6, 6.07) is 12.7. The highest BCUT2D eigenvalue weighted by Crippen LogP contribution is 2.27. The van der Waals surface area contributed by atoms with Gasteiger partial charge in [-0.2, -0.15) is 0 Å². The van der Waals surface area contributed by atoms with Gasteiger partial charge in [0, 0.05) is 5.56 Å². The van der Waals surface area contributed by atoms with E-state index in [4.69, 9.17) is 9.47 Å². The van der Waals surface area contributed by atoms with Crippen molar-refractivity contribution in [2.24, 2.45) is 0 Å². The first kappa shape index (κ1) is 20.3. The second-order valence-corrected chi connectivity index (χ2v) is 6.45. The Kier molecular flexibility index (Phi) is 7.23. The van der Waals surface area contributed by atoms with Gasteiger partial charge in [-0.25, -0.2) is 0 Å². The van der Waals surface area contributed by atoms with E-state index in [2.05, 4.69) is 24.7 Å². The van der Waals surface area contributed by atoms with Crippen LogP contribution < -0.4 is 20.3 Å². The number of carbonyl (C=O) groups is 2. The first-order chi connectivity index (χ1) is 12.9. The van der Waals surface area contributed by atoms with Gasteiger partial charge in [0.05, 0.1) is 6.61 Å². The van der Waals surface area contributed by atoms with Gasteiger partial charge in [0.25, 0.3) is 11.8 Å². The maximum atomic E-state index is 12.1. The predicted molar refractivity (Wildman–Crippen MR) is 104 cm³/mol. The van der Waals surface area contributed by atoms with Gasteiger partial charge in [-0.1, -0.05) is 32.0 Å². The number of rotatable bonds is 7. The highest BCUT2D eigenvalue weighted by Gasteiger charge is 2.12. The third kappa shape index (κ3) is 6.02. The minimum Gasteiger partial charge on any atom is -0.494 e. The van der Waals surface area contributed by atoms with E-state index in [1.807, 2.05) is 32.0 Å². The molecule has 0 aliphatic heterocycles. The maximum absolute atomic E-state index is 12.1. The fourth-order valence-corrected chi connectivity index (χ4v) is 2.52.